The van der Waals surface area contributed by atoms with Crippen LogP contribution in [-0.2, 0) is 30.4 Å². The maximum atomic E-state index is 12.8. The second kappa shape index (κ2) is 14.8. The molecule has 0 aliphatic heterocycles. The second-order valence-corrected chi connectivity index (χ2v) is 7.51. The third kappa shape index (κ3) is 12.0. The van der Waals surface area contributed by atoms with Crippen LogP contribution < -0.4 is 33.2 Å². The predicted octanol–water partition coefficient (Wildman–Crippen LogP) is -3.63. The first-order valence-electron chi connectivity index (χ1n) is 10.6. The van der Waals surface area contributed by atoms with E-state index in [1.54, 1.807) is 0 Å². The van der Waals surface area contributed by atoms with Crippen LogP contribution in [0.25, 0.3) is 0 Å². The van der Waals surface area contributed by atoms with Gasteiger partial charge in [0.15, 0.2) is 5.96 Å². The number of amides is 3. The molecule has 3 unspecified atom stereocenters. The average Bonchev–Trinajstić information content (AvgIpc) is 3.30. The number of aliphatic carboxylic acids is 2. The number of hydrogen-bond donors (Lipinski definition) is 9. The molecular formula is C19H31N9O7. The zero-order chi connectivity index (χ0) is 26.4. The molecule has 1 aromatic rings. The van der Waals surface area contributed by atoms with Gasteiger partial charge in [0.25, 0.3) is 0 Å². The molecule has 1 rings (SSSR count). The minimum Gasteiger partial charge on any atom is -0.481 e. The van der Waals surface area contributed by atoms with E-state index in [1.807, 2.05) is 0 Å². The average molecular weight is 498 g/mol. The number of rotatable bonds is 16. The van der Waals surface area contributed by atoms with E-state index in [4.69, 9.17) is 22.3 Å². The Labute approximate surface area is 200 Å². The summed E-state index contributed by atoms with van der Waals surface area (Å²) in [4.78, 5) is 69.6. The number of nitrogens with one attached hydrogen (secondary N) is 4. The first-order valence-corrected chi connectivity index (χ1v) is 10.6. The van der Waals surface area contributed by atoms with Crippen molar-refractivity contribution < 1.29 is 34.2 Å². The topological polar surface area (TPSA) is 281 Å². The van der Waals surface area contributed by atoms with Crippen molar-refractivity contribution >= 4 is 35.6 Å². The second-order valence-electron chi connectivity index (χ2n) is 7.51. The minimum absolute atomic E-state index is 0.0346. The Hall–Kier alpha value is -4.21. The predicted molar refractivity (Wildman–Crippen MR) is 122 cm³/mol. The van der Waals surface area contributed by atoms with E-state index in [9.17, 15) is 29.1 Å². The lowest BCUT2D eigenvalue weighted by Crippen LogP contribution is -2.54. The molecule has 1 aromatic heterocycles. The van der Waals surface area contributed by atoms with E-state index in [-0.39, 0.29) is 44.6 Å². The summed E-state index contributed by atoms with van der Waals surface area (Å²) in [6.45, 7) is -0.363. The summed E-state index contributed by atoms with van der Waals surface area (Å²) in [7, 11) is 0. The lowest BCUT2D eigenvalue weighted by molar-refractivity contribution is -0.142. The number of nitrogens with two attached hydrogens (primary N) is 3. The molecule has 12 N–H and O–H groups in total. The molecule has 0 radical (unpaired) electrons. The van der Waals surface area contributed by atoms with Gasteiger partial charge in [0.05, 0.1) is 18.9 Å². The third-order valence-electron chi connectivity index (χ3n) is 4.62. The highest BCUT2D eigenvalue weighted by Crippen LogP contribution is 2.03. The molecule has 3 atom stereocenters. The van der Waals surface area contributed by atoms with Gasteiger partial charge in [-0.25, -0.2) is 9.78 Å². The van der Waals surface area contributed by atoms with Gasteiger partial charge in [0.1, 0.15) is 12.1 Å². The number of carbonyl (C=O) groups is 5. The first-order chi connectivity index (χ1) is 16.5. The van der Waals surface area contributed by atoms with Gasteiger partial charge >= 0.3 is 11.9 Å². The molecule has 0 saturated carbocycles. The highest BCUT2D eigenvalue weighted by molar-refractivity contribution is 5.92. The first kappa shape index (κ1) is 28.8. The minimum atomic E-state index is -1.28. The zero-order valence-corrected chi connectivity index (χ0v) is 18.9. The Morgan fingerprint density at radius 2 is 1.77 bits per heavy atom. The maximum Gasteiger partial charge on any atom is 0.326 e. The molecule has 0 saturated heterocycles. The Bertz CT molecular complexity index is 900. The molecule has 35 heavy (non-hydrogen) atoms. The molecule has 0 spiro atoms. The standard InChI is InChI=1S/C19H31N9O7/c20-11(3-4-15(30)31)16(32)25-8-14(29)27-13(6-10-7-23-9-26-10)17(33)28-12(18(34)35)2-1-5-24-19(21)22/h7,9,11-13H,1-6,8,20H2,(H,23,26)(H,25,32)(H,27,29)(H,28,33)(H,30,31)(H,34,35)(H4,21,22,24). The van der Waals surface area contributed by atoms with Crippen molar-refractivity contribution in [3.05, 3.63) is 18.2 Å². The van der Waals surface area contributed by atoms with Crippen LogP contribution in [0.3, 0.4) is 0 Å². The van der Waals surface area contributed by atoms with Gasteiger partial charge in [-0.1, -0.05) is 0 Å². The van der Waals surface area contributed by atoms with Gasteiger partial charge in [0, 0.05) is 31.3 Å². The normalized spacial score (nSPS) is 13.1. The van der Waals surface area contributed by atoms with Crippen molar-refractivity contribution in [2.75, 3.05) is 13.1 Å². The summed E-state index contributed by atoms with van der Waals surface area (Å²) < 4.78 is 0. The quantitative estimate of drug-likeness (QED) is 0.0610. The molecule has 0 fully saturated rings. The number of aliphatic imine (C=N–C) groups is 1. The van der Waals surface area contributed by atoms with Crippen LogP contribution in [0.15, 0.2) is 17.5 Å². The van der Waals surface area contributed by atoms with Crippen molar-refractivity contribution in [1.82, 2.24) is 25.9 Å². The number of H-pyrrole nitrogens is 1. The monoisotopic (exact) mass is 497 g/mol. The molecule has 194 valence electrons. The highest BCUT2D eigenvalue weighted by Gasteiger charge is 2.27. The molecule has 1 heterocycles. The van der Waals surface area contributed by atoms with Crippen LogP contribution in [0.4, 0.5) is 0 Å². The number of carbonyl (C=O) groups excluding carboxylic acids is 3. The molecule has 0 bridgehead atoms. The number of aromatic nitrogens is 2. The fraction of sp³-hybridized carbons (Fsp3) is 0.526. The van der Waals surface area contributed by atoms with E-state index in [0.717, 1.165) is 0 Å². The van der Waals surface area contributed by atoms with Crippen LogP contribution in [0, 0.1) is 0 Å². The fourth-order valence-electron chi connectivity index (χ4n) is 2.81. The highest BCUT2D eigenvalue weighted by atomic mass is 16.4. The van der Waals surface area contributed by atoms with Crippen LogP contribution in [0.1, 0.15) is 31.4 Å². The summed E-state index contributed by atoms with van der Waals surface area (Å²) in [6.07, 6.45) is 2.64. The Balaban J connectivity index is 2.74. The molecular weight excluding hydrogens is 466 g/mol. The summed E-state index contributed by atoms with van der Waals surface area (Å²) in [5.41, 5.74) is 16.5. The summed E-state index contributed by atoms with van der Waals surface area (Å²) in [6, 6.07) is -3.58. The number of aromatic amines is 1. The summed E-state index contributed by atoms with van der Waals surface area (Å²) in [5, 5.41) is 25.1. The number of imidazole rings is 1. The molecule has 16 nitrogen and oxygen atoms in total. The number of guanidine groups is 1. The lowest BCUT2D eigenvalue weighted by Gasteiger charge is -2.21. The number of hydrogen-bond acceptors (Lipinski definition) is 8. The molecule has 0 aliphatic carbocycles. The summed E-state index contributed by atoms with van der Waals surface area (Å²) >= 11 is 0. The van der Waals surface area contributed by atoms with Crippen molar-refractivity contribution in [1.29, 1.82) is 0 Å². The van der Waals surface area contributed by atoms with E-state index in [1.165, 1.54) is 12.5 Å². The van der Waals surface area contributed by atoms with Gasteiger partial charge in [-0.05, 0) is 19.3 Å². The Kier molecular flexibility index (Phi) is 12.2. The zero-order valence-electron chi connectivity index (χ0n) is 18.9. The molecule has 0 aromatic carbocycles. The van der Waals surface area contributed by atoms with Crippen molar-refractivity contribution in [3.63, 3.8) is 0 Å². The smallest absolute Gasteiger partial charge is 0.326 e. The molecule has 3 amide bonds. The van der Waals surface area contributed by atoms with E-state index in [0.29, 0.717) is 5.69 Å². The van der Waals surface area contributed by atoms with Gasteiger partial charge in [-0.15, -0.1) is 0 Å². The van der Waals surface area contributed by atoms with Crippen LogP contribution in [0.5, 0.6) is 0 Å². The largest absolute Gasteiger partial charge is 0.481 e. The fourth-order valence-corrected chi connectivity index (χ4v) is 2.81. The molecule has 0 aliphatic rings. The van der Waals surface area contributed by atoms with Crippen molar-refractivity contribution in [3.8, 4) is 0 Å². The van der Waals surface area contributed by atoms with E-state index < -0.39 is 54.3 Å². The van der Waals surface area contributed by atoms with Crippen LogP contribution in [-0.4, -0.2) is 87.0 Å². The lowest BCUT2D eigenvalue weighted by atomic mass is 10.1. The molecule has 16 heteroatoms. The van der Waals surface area contributed by atoms with Gasteiger partial charge < -0.3 is 48.3 Å². The number of carboxylic acid groups (broad SMARTS) is 2. The van der Waals surface area contributed by atoms with Gasteiger partial charge in [-0.2, -0.15) is 0 Å². The maximum absolute atomic E-state index is 12.8. The van der Waals surface area contributed by atoms with Gasteiger partial charge in [0.2, 0.25) is 17.7 Å². The SMILES string of the molecule is NC(N)=NCCCC(NC(=O)C(Cc1cnc[nH]1)NC(=O)CNC(=O)C(N)CCC(=O)O)C(=O)O. The van der Waals surface area contributed by atoms with Crippen molar-refractivity contribution in [2.45, 2.75) is 50.2 Å². The Morgan fingerprint density at radius 1 is 1.06 bits per heavy atom. The van der Waals surface area contributed by atoms with Gasteiger partial charge in [-0.3, -0.25) is 24.2 Å². The van der Waals surface area contributed by atoms with Crippen LogP contribution in [0.2, 0.25) is 0 Å². The summed E-state index contributed by atoms with van der Waals surface area (Å²) in [5.74, 6) is -4.79. The van der Waals surface area contributed by atoms with E-state index in [2.05, 4.69) is 30.9 Å². The van der Waals surface area contributed by atoms with Crippen LogP contribution >= 0.6 is 0 Å². The Morgan fingerprint density at radius 3 is 2.34 bits per heavy atom. The van der Waals surface area contributed by atoms with Crippen molar-refractivity contribution in [2.24, 2.45) is 22.2 Å². The van der Waals surface area contributed by atoms with E-state index >= 15 is 0 Å². The number of nitrogens with zero attached hydrogens (tertiary/aromatic N) is 2. The number of carboxylic acids is 2. The third-order valence-corrected chi connectivity index (χ3v) is 4.62.